The molecule has 0 aliphatic heterocycles. The highest BCUT2D eigenvalue weighted by Gasteiger charge is 2.20. The summed E-state index contributed by atoms with van der Waals surface area (Å²) in [4.78, 5) is 11.8. The van der Waals surface area contributed by atoms with E-state index < -0.39 is 0 Å². The molecule has 0 bridgehead atoms. The van der Waals surface area contributed by atoms with Crippen LogP contribution in [-0.4, -0.2) is 30.3 Å². The summed E-state index contributed by atoms with van der Waals surface area (Å²) in [5, 5.41) is 12.6. The third kappa shape index (κ3) is 5.68. The predicted octanol–water partition coefficient (Wildman–Crippen LogP) is 2.82. The number of hydrogen-bond donors (Lipinski definition) is 2. The lowest BCUT2D eigenvalue weighted by Crippen LogP contribution is -2.33. The van der Waals surface area contributed by atoms with E-state index in [1.807, 2.05) is 31.2 Å². The number of benzene rings is 1. The van der Waals surface area contributed by atoms with Crippen LogP contribution in [0.15, 0.2) is 24.3 Å². The molecule has 4 nitrogen and oxygen atoms in total. The van der Waals surface area contributed by atoms with Crippen LogP contribution in [-0.2, 0) is 4.79 Å². The Morgan fingerprint density at radius 3 is 2.95 bits per heavy atom. The van der Waals surface area contributed by atoms with Crippen molar-refractivity contribution in [2.75, 3.05) is 13.2 Å². The molecule has 2 N–H and O–H groups in total. The third-order valence-electron chi connectivity index (χ3n) is 4.24. The Morgan fingerprint density at radius 1 is 1.36 bits per heavy atom. The molecule has 1 aliphatic carbocycles. The molecule has 122 valence electrons. The highest BCUT2D eigenvalue weighted by molar-refractivity contribution is 5.75. The first-order chi connectivity index (χ1) is 10.6. The molecule has 2 unspecified atom stereocenters. The van der Waals surface area contributed by atoms with Gasteiger partial charge in [-0.15, -0.1) is 0 Å². The second kappa shape index (κ2) is 8.79. The van der Waals surface area contributed by atoms with Gasteiger partial charge in [0.1, 0.15) is 5.75 Å². The van der Waals surface area contributed by atoms with Gasteiger partial charge in [-0.05, 0) is 50.2 Å². The van der Waals surface area contributed by atoms with E-state index >= 15 is 0 Å². The van der Waals surface area contributed by atoms with Crippen LogP contribution in [0.2, 0.25) is 0 Å². The number of nitrogens with one attached hydrogen (secondary N) is 1. The number of aryl methyl sites for hydroxylation is 1. The fourth-order valence-corrected chi connectivity index (χ4v) is 2.93. The largest absolute Gasteiger partial charge is 0.493 e. The van der Waals surface area contributed by atoms with Crippen LogP contribution < -0.4 is 10.1 Å². The van der Waals surface area contributed by atoms with Crippen molar-refractivity contribution in [1.29, 1.82) is 0 Å². The van der Waals surface area contributed by atoms with E-state index in [1.54, 1.807) is 0 Å². The maximum absolute atomic E-state index is 11.8. The summed E-state index contributed by atoms with van der Waals surface area (Å²) in [5.74, 6) is 1.39. The Kier molecular flexibility index (Phi) is 6.72. The van der Waals surface area contributed by atoms with Gasteiger partial charge in [0.25, 0.3) is 0 Å². The zero-order valence-electron chi connectivity index (χ0n) is 13.4. The molecule has 1 amide bonds. The molecule has 1 aliphatic rings. The fourth-order valence-electron chi connectivity index (χ4n) is 2.93. The molecule has 0 aromatic heterocycles. The molecule has 2 atom stereocenters. The van der Waals surface area contributed by atoms with Gasteiger partial charge in [0, 0.05) is 13.0 Å². The topological polar surface area (TPSA) is 58.6 Å². The quantitative estimate of drug-likeness (QED) is 0.762. The highest BCUT2D eigenvalue weighted by atomic mass is 16.5. The van der Waals surface area contributed by atoms with Crippen LogP contribution in [0, 0.1) is 12.8 Å². The Morgan fingerprint density at radius 2 is 2.18 bits per heavy atom. The van der Waals surface area contributed by atoms with Crippen LogP contribution >= 0.6 is 0 Å². The highest BCUT2D eigenvalue weighted by Crippen LogP contribution is 2.23. The van der Waals surface area contributed by atoms with E-state index in [-0.39, 0.29) is 12.0 Å². The van der Waals surface area contributed by atoms with E-state index in [0.29, 0.717) is 31.9 Å². The normalized spacial score (nSPS) is 21.4. The lowest BCUT2D eigenvalue weighted by atomic mass is 9.87. The molecular formula is C18H27NO3. The summed E-state index contributed by atoms with van der Waals surface area (Å²) in [6.45, 7) is 3.26. The smallest absolute Gasteiger partial charge is 0.220 e. The van der Waals surface area contributed by atoms with Crippen molar-refractivity contribution >= 4 is 5.91 Å². The van der Waals surface area contributed by atoms with Gasteiger partial charge in [0.05, 0.1) is 12.7 Å². The Balaban J connectivity index is 1.57. The zero-order valence-corrected chi connectivity index (χ0v) is 13.4. The lowest BCUT2D eigenvalue weighted by molar-refractivity contribution is -0.121. The van der Waals surface area contributed by atoms with Gasteiger partial charge in [0.15, 0.2) is 0 Å². The minimum absolute atomic E-state index is 0.0773. The molecule has 4 heteroatoms. The average Bonchev–Trinajstić information content (AvgIpc) is 2.51. The van der Waals surface area contributed by atoms with Gasteiger partial charge < -0.3 is 15.2 Å². The summed E-state index contributed by atoms with van der Waals surface area (Å²) in [5.41, 5.74) is 1.11. The first-order valence-electron chi connectivity index (χ1n) is 8.28. The first-order valence-corrected chi connectivity index (χ1v) is 8.28. The molecule has 22 heavy (non-hydrogen) atoms. The van der Waals surface area contributed by atoms with E-state index in [2.05, 4.69) is 5.32 Å². The number of para-hydroxylation sites is 1. The summed E-state index contributed by atoms with van der Waals surface area (Å²) in [6, 6.07) is 7.90. The average molecular weight is 305 g/mol. The molecule has 1 aromatic carbocycles. The van der Waals surface area contributed by atoms with Crippen molar-refractivity contribution < 1.29 is 14.6 Å². The summed E-state index contributed by atoms with van der Waals surface area (Å²) in [7, 11) is 0. The molecule has 0 radical (unpaired) electrons. The number of carbonyl (C=O) groups excluding carboxylic acids is 1. The van der Waals surface area contributed by atoms with Crippen molar-refractivity contribution in [3.05, 3.63) is 29.8 Å². The van der Waals surface area contributed by atoms with Gasteiger partial charge in [-0.3, -0.25) is 4.79 Å². The minimum Gasteiger partial charge on any atom is -0.493 e. The van der Waals surface area contributed by atoms with E-state index in [4.69, 9.17) is 4.74 Å². The van der Waals surface area contributed by atoms with Crippen LogP contribution in [0.3, 0.4) is 0 Å². The number of rotatable bonds is 7. The fraction of sp³-hybridized carbons (Fsp3) is 0.611. The number of aliphatic hydroxyl groups excluding tert-OH is 1. The van der Waals surface area contributed by atoms with E-state index in [1.165, 1.54) is 0 Å². The number of ether oxygens (including phenoxy) is 1. The molecule has 1 aromatic rings. The van der Waals surface area contributed by atoms with Gasteiger partial charge in [-0.25, -0.2) is 0 Å². The van der Waals surface area contributed by atoms with Gasteiger partial charge >= 0.3 is 0 Å². The monoisotopic (exact) mass is 305 g/mol. The van der Waals surface area contributed by atoms with Crippen molar-refractivity contribution in [2.45, 2.75) is 51.6 Å². The Hall–Kier alpha value is -1.55. The van der Waals surface area contributed by atoms with Crippen LogP contribution in [0.1, 0.15) is 44.1 Å². The van der Waals surface area contributed by atoms with Crippen LogP contribution in [0.5, 0.6) is 5.75 Å². The Labute approximate surface area is 132 Å². The first kappa shape index (κ1) is 16.8. The number of amides is 1. The zero-order chi connectivity index (χ0) is 15.8. The van der Waals surface area contributed by atoms with Crippen molar-refractivity contribution in [3.63, 3.8) is 0 Å². The predicted molar refractivity (Wildman–Crippen MR) is 86.9 cm³/mol. The molecule has 2 rings (SSSR count). The van der Waals surface area contributed by atoms with Gasteiger partial charge in [0.2, 0.25) is 5.91 Å². The van der Waals surface area contributed by atoms with Crippen LogP contribution in [0.4, 0.5) is 0 Å². The molecule has 1 saturated carbocycles. The third-order valence-corrected chi connectivity index (χ3v) is 4.24. The minimum atomic E-state index is -0.182. The maximum atomic E-state index is 11.8. The lowest BCUT2D eigenvalue weighted by Gasteiger charge is -2.25. The molecule has 0 heterocycles. The Bertz CT molecular complexity index is 475. The van der Waals surface area contributed by atoms with Crippen molar-refractivity contribution in [2.24, 2.45) is 5.92 Å². The maximum Gasteiger partial charge on any atom is 0.220 e. The summed E-state index contributed by atoms with van der Waals surface area (Å²) in [6.07, 6.45) is 4.91. The summed E-state index contributed by atoms with van der Waals surface area (Å²) >= 11 is 0. The second-order valence-corrected chi connectivity index (χ2v) is 6.21. The number of aliphatic hydroxyl groups is 1. The van der Waals surface area contributed by atoms with Gasteiger partial charge in [-0.1, -0.05) is 24.6 Å². The van der Waals surface area contributed by atoms with E-state index in [9.17, 15) is 9.90 Å². The molecular weight excluding hydrogens is 278 g/mol. The SMILES string of the molecule is Cc1ccccc1OCCCC(=O)NCC1CCCC(O)C1. The molecule has 0 saturated heterocycles. The molecule has 0 spiro atoms. The van der Waals surface area contributed by atoms with Crippen molar-refractivity contribution in [1.82, 2.24) is 5.32 Å². The summed E-state index contributed by atoms with van der Waals surface area (Å²) < 4.78 is 5.68. The molecule has 1 fully saturated rings. The van der Waals surface area contributed by atoms with Crippen molar-refractivity contribution in [3.8, 4) is 5.75 Å². The number of carbonyl (C=O) groups is 1. The standard InChI is InChI=1S/C18H27NO3/c1-14-6-2-3-9-17(14)22-11-5-10-18(21)19-13-15-7-4-8-16(20)12-15/h2-3,6,9,15-16,20H,4-5,7-8,10-13H2,1H3,(H,19,21). The number of hydrogen-bond acceptors (Lipinski definition) is 3. The van der Waals surface area contributed by atoms with Gasteiger partial charge in [-0.2, -0.15) is 0 Å². The van der Waals surface area contributed by atoms with Crippen LogP contribution in [0.25, 0.3) is 0 Å². The second-order valence-electron chi connectivity index (χ2n) is 6.21. The van der Waals surface area contributed by atoms with E-state index in [0.717, 1.165) is 37.0 Å².